The van der Waals surface area contributed by atoms with E-state index >= 15 is 0 Å². The highest BCUT2D eigenvalue weighted by molar-refractivity contribution is 5.48. The highest BCUT2D eigenvalue weighted by Crippen LogP contribution is 2.09. The van der Waals surface area contributed by atoms with Crippen LogP contribution in [0.3, 0.4) is 0 Å². The molecule has 0 heterocycles. The van der Waals surface area contributed by atoms with Gasteiger partial charge >= 0.3 is 0 Å². The highest BCUT2D eigenvalue weighted by atomic mass is 14.2. The van der Waals surface area contributed by atoms with Gasteiger partial charge in [0.05, 0.1) is 6.07 Å². The van der Waals surface area contributed by atoms with Crippen LogP contribution in [-0.2, 0) is 12.8 Å². The van der Waals surface area contributed by atoms with E-state index in [0.29, 0.717) is 0 Å². The second kappa shape index (κ2) is 9.39. The Morgan fingerprint density at radius 3 is 1.95 bits per heavy atom. The lowest BCUT2D eigenvalue weighted by Crippen LogP contribution is -1.90. The summed E-state index contributed by atoms with van der Waals surface area (Å²) in [7, 11) is 0. The Morgan fingerprint density at radius 2 is 1.45 bits per heavy atom. The van der Waals surface area contributed by atoms with Gasteiger partial charge < -0.3 is 0 Å². The van der Waals surface area contributed by atoms with Crippen LogP contribution >= 0.6 is 0 Å². The topological polar surface area (TPSA) is 23.8 Å². The van der Waals surface area contributed by atoms with Gasteiger partial charge in [0.15, 0.2) is 0 Å². The Kier molecular flexibility index (Phi) is 7.28. The van der Waals surface area contributed by atoms with Crippen LogP contribution in [0.1, 0.15) is 23.6 Å². The van der Waals surface area contributed by atoms with Crippen molar-refractivity contribution in [2.45, 2.75) is 19.8 Å². The first-order valence-electron chi connectivity index (χ1n) is 6.59. The third kappa shape index (κ3) is 5.87. The molecule has 2 aromatic rings. The molecule has 0 aliphatic heterocycles. The molecule has 1 heteroatoms. The quantitative estimate of drug-likeness (QED) is 0.725. The highest BCUT2D eigenvalue weighted by Gasteiger charge is 1.95. The van der Waals surface area contributed by atoms with Crippen molar-refractivity contribution in [3.63, 3.8) is 0 Å². The van der Waals surface area contributed by atoms with Crippen LogP contribution in [0.4, 0.5) is 0 Å². The molecule has 20 heavy (non-hydrogen) atoms. The molecular weight excluding hydrogens is 242 g/mol. The normalized spacial score (nSPS) is 8.60. The van der Waals surface area contributed by atoms with Gasteiger partial charge in [-0.15, -0.1) is 5.73 Å². The third-order valence-electron chi connectivity index (χ3n) is 2.79. The molecule has 0 spiro atoms. The van der Waals surface area contributed by atoms with Crippen molar-refractivity contribution in [1.29, 1.82) is 5.26 Å². The summed E-state index contributed by atoms with van der Waals surface area (Å²) in [6.45, 7) is 5.00. The summed E-state index contributed by atoms with van der Waals surface area (Å²) < 4.78 is 0. The number of nitriles is 1. The molecule has 0 amide bonds. The number of aryl methyl sites for hydroxylation is 2. The smallest absolute Gasteiger partial charge is 0.0587 e. The van der Waals surface area contributed by atoms with E-state index in [9.17, 15) is 0 Å². The zero-order valence-corrected chi connectivity index (χ0v) is 11.8. The molecule has 2 rings (SSSR count). The minimum absolute atomic E-state index is 1.09. The van der Waals surface area contributed by atoms with Gasteiger partial charge in [-0.25, -0.2) is 0 Å². The predicted molar refractivity (Wildman–Crippen MR) is 85.2 cm³/mol. The summed E-state index contributed by atoms with van der Waals surface area (Å²) in [5.41, 5.74) is 6.70. The van der Waals surface area contributed by atoms with Gasteiger partial charge in [0.2, 0.25) is 0 Å². The monoisotopic (exact) mass is 261 g/mol. The van der Waals surface area contributed by atoms with Crippen LogP contribution in [0.2, 0.25) is 0 Å². The molecular formula is C19H19N. The molecule has 0 atom stereocenters. The molecule has 0 unspecified atom stereocenters. The summed E-state index contributed by atoms with van der Waals surface area (Å²) in [5, 5.41) is 7.32. The Hall–Kier alpha value is -2.55. The van der Waals surface area contributed by atoms with E-state index in [0.717, 1.165) is 18.4 Å². The van der Waals surface area contributed by atoms with Gasteiger partial charge in [0, 0.05) is 6.92 Å². The fraction of sp³-hybridized carbons (Fsp3) is 0.158. The van der Waals surface area contributed by atoms with Crippen LogP contribution in [0.25, 0.3) is 6.08 Å². The lowest BCUT2D eigenvalue weighted by atomic mass is 10.0. The molecule has 0 aliphatic rings. The maximum absolute atomic E-state index is 7.32. The minimum atomic E-state index is 1.09. The van der Waals surface area contributed by atoms with Crippen molar-refractivity contribution in [2.24, 2.45) is 0 Å². The van der Waals surface area contributed by atoms with Crippen LogP contribution in [-0.4, -0.2) is 0 Å². The van der Waals surface area contributed by atoms with Crippen LogP contribution in [0.15, 0.2) is 66.9 Å². The molecule has 0 bridgehead atoms. The average molecular weight is 261 g/mol. The van der Waals surface area contributed by atoms with E-state index in [1.165, 1.54) is 18.1 Å². The molecule has 0 aromatic heterocycles. The van der Waals surface area contributed by atoms with Crippen LogP contribution in [0, 0.1) is 11.3 Å². The first-order chi connectivity index (χ1) is 9.80. The maximum atomic E-state index is 7.32. The van der Waals surface area contributed by atoms with E-state index in [-0.39, 0.29) is 0 Å². The van der Waals surface area contributed by atoms with Crippen molar-refractivity contribution in [1.82, 2.24) is 0 Å². The van der Waals surface area contributed by atoms with Gasteiger partial charge in [0.25, 0.3) is 0 Å². The molecule has 0 fully saturated rings. The zero-order valence-electron chi connectivity index (χ0n) is 11.8. The van der Waals surface area contributed by atoms with Crippen LogP contribution < -0.4 is 0 Å². The van der Waals surface area contributed by atoms with Crippen molar-refractivity contribution in [3.8, 4) is 6.07 Å². The number of benzene rings is 2. The summed E-state index contributed by atoms with van der Waals surface area (Å²) in [6.07, 6.45) is 4.07. The lowest BCUT2D eigenvalue weighted by molar-refractivity contribution is 0.960. The van der Waals surface area contributed by atoms with Gasteiger partial charge in [-0.1, -0.05) is 61.2 Å². The van der Waals surface area contributed by atoms with Gasteiger partial charge in [-0.2, -0.15) is 5.26 Å². The Labute approximate surface area is 121 Å². The summed E-state index contributed by atoms with van der Waals surface area (Å²) in [6, 6.07) is 20.9. The van der Waals surface area contributed by atoms with E-state index in [1.54, 1.807) is 6.07 Å². The number of rotatable bonds is 4. The average Bonchev–Trinajstić information content (AvgIpc) is 2.49. The summed E-state index contributed by atoms with van der Waals surface area (Å²) in [4.78, 5) is 0. The second-order valence-electron chi connectivity index (χ2n) is 4.30. The number of hydrogen-bond donors (Lipinski definition) is 0. The first kappa shape index (κ1) is 15.5. The molecule has 0 N–H and O–H groups in total. The van der Waals surface area contributed by atoms with Crippen molar-refractivity contribution >= 4 is 6.08 Å². The third-order valence-corrected chi connectivity index (χ3v) is 2.79. The fourth-order valence-electron chi connectivity index (χ4n) is 1.83. The number of hydrogen-bond acceptors (Lipinski definition) is 1. The molecule has 0 saturated carbocycles. The second-order valence-corrected chi connectivity index (χ2v) is 4.30. The Balaban J connectivity index is 0.000000612. The molecule has 0 radical (unpaired) electrons. The molecule has 1 nitrogen and oxygen atoms in total. The molecule has 0 aliphatic carbocycles. The van der Waals surface area contributed by atoms with E-state index in [4.69, 9.17) is 5.26 Å². The van der Waals surface area contributed by atoms with Crippen LogP contribution in [0.5, 0.6) is 0 Å². The fourth-order valence-corrected chi connectivity index (χ4v) is 1.83. The standard InChI is InChI=1S/C17H16.C2H3N/c1-2-6-15-9-12-17(13-10-15)14-11-16-7-4-3-5-8-16;1-2-3/h3-10,12-13H,1,11,14H2;1H3. The van der Waals surface area contributed by atoms with Crippen molar-refractivity contribution < 1.29 is 0 Å². The predicted octanol–water partition coefficient (Wildman–Crippen LogP) is 4.80. The van der Waals surface area contributed by atoms with Crippen molar-refractivity contribution in [2.75, 3.05) is 0 Å². The maximum Gasteiger partial charge on any atom is 0.0587 e. The lowest BCUT2D eigenvalue weighted by Gasteiger charge is -2.02. The zero-order chi connectivity index (χ0) is 14.6. The first-order valence-corrected chi connectivity index (χ1v) is 6.59. The Bertz CT molecular complexity index is 582. The molecule has 100 valence electrons. The molecule has 2 aromatic carbocycles. The largest absolute Gasteiger partial charge is 0.199 e. The molecule has 0 saturated heterocycles. The summed E-state index contributed by atoms with van der Waals surface area (Å²) >= 11 is 0. The van der Waals surface area contributed by atoms with E-state index < -0.39 is 0 Å². The Morgan fingerprint density at radius 1 is 0.950 bits per heavy atom. The van der Waals surface area contributed by atoms with Crippen molar-refractivity contribution in [3.05, 3.63) is 83.6 Å². The number of nitrogens with zero attached hydrogens (tertiary/aromatic N) is 1. The van der Waals surface area contributed by atoms with Gasteiger partial charge in [-0.05, 0) is 35.6 Å². The SMILES string of the molecule is C=C=Cc1ccc(CCc2ccccc2)cc1.CC#N. The van der Waals surface area contributed by atoms with Gasteiger partial charge in [0.1, 0.15) is 0 Å². The summed E-state index contributed by atoms with van der Waals surface area (Å²) in [5.74, 6) is 0. The van der Waals surface area contributed by atoms with E-state index in [2.05, 4.69) is 66.9 Å². The minimum Gasteiger partial charge on any atom is -0.199 e. The van der Waals surface area contributed by atoms with E-state index in [1.807, 2.05) is 6.08 Å². The van der Waals surface area contributed by atoms with Gasteiger partial charge in [-0.3, -0.25) is 0 Å².